The van der Waals surface area contributed by atoms with Gasteiger partial charge in [-0.15, -0.1) is 0 Å². The second-order valence-electron chi connectivity index (χ2n) is 2.16. The molecule has 5 heteroatoms. The Morgan fingerprint density at radius 3 is 2.55 bits per heavy atom. The minimum atomic E-state index is -3.49. The number of aryl methyl sites for hydroxylation is 1. The molecule has 11 heavy (non-hydrogen) atoms. The van der Waals surface area contributed by atoms with Crippen LogP contribution < -0.4 is 5.14 Å². The lowest BCUT2D eigenvalue weighted by molar-refractivity contribution is 0.597. The number of hydrogen-bond acceptors (Lipinski definition) is 3. The zero-order valence-electron chi connectivity index (χ0n) is 6.07. The number of sulfonamides is 1. The van der Waals surface area contributed by atoms with Crippen LogP contribution in [0.1, 0.15) is 12.5 Å². The fourth-order valence-electron chi connectivity index (χ4n) is 0.819. The summed E-state index contributed by atoms with van der Waals surface area (Å²) in [6.07, 6.45) is 0.704. The van der Waals surface area contributed by atoms with E-state index in [1.165, 1.54) is 11.3 Å². The molecule has 0 aromatic carbocycles. The van der Waals surface area contributed by atoms with Crippen molar-refractivity contribution in [2.75, 3.05) is 0 Å². The highest BCUT2D eigenvalue weighted by Gasteiger charge is 2.12. The molecule has 0 radical (unpaired) electrons. The molecule has 0 fully saturated rings. The molecule has 0 unspecified atom stereocenters. The number of rotatable bonds is 2. The third kappa shape index (κ3) is 1.79. The standard InChI is InChI=1S/C6H9NO2S2/c1-2-5-3-10-4-6(5)11(7,8)9/h3-4H,2H2,1H3,(H2,7,8,9). The van der Waals surface area contributed by atoms with Gasteiger partial charge in [-0.1, -0.05) is 6.92 Å². The summed E-state index contributed by atoms with van der Waals surface area (Å²) in [5.74, 6) is 0. The molecule has 0 bridgehead atoms. The van der Waals surface area contributed by atoms with Gasteiger partial charge in [-0.2, -0.15) is 11.3 Å². The summed E-state index contributed by atoms with van der Waals surface area (Å²) in [6.45, 7) is 1.90. The van der Waals surface area contributed by atoms with E-state index in [-0.39, 0.29) is 4.90 Å². The quantitative estimate of drug-likeness (QED) is 0.756. The molecule has 1 rings (SSSR count). The van der Waals surface area contributed by atoms with Crippen molar-refractivity contribution < 1.29 is 8.42 Å². The lowest BCUT2D eigenvalue weighted by atomic mass is 10.3. The normalized spacial score (nSPS) is 11.8. The fraction of sp³-hybridized carbons (Fsp3) is 0.333. The zero-order chi connectivity index (χ0) is 8.48. The van der Waals surface area contributed by atoms with E-state index in [1.807, 2.05) is 6.92 Å². The van der Waals surface area contributed by atoms with Crippen molar-refractivity contribution in [2.45, 2.75) is 18.2 Å². The van der Waals surface area contributed by atoms with E-state index >= 15 is 0 Å². The molecule has 0 amide bonds. The van der Waals surface area contributed by atoms with Gasteiger partial charge >= 0.3 is 0 Å². The van der Waals surface area contributed by atoms with Gasteiger partial charge in [0, 0.05) is 5.38 Å². The largest absolute Gasteiger partial charge is 0.239 e. The van der Waals surface area contributed by atoms with E-state index in [4.69, 9.17) is 5.14 Å². The van der Waals surface area contributed by atoms with Gasteiger partial charge in [-0.05, 0) is 17.4 Å². The summed E-state index contributed by atoms with van der Waals surface area (Å²) < 4.78 is 21.7. The molecule has 0 aliphatic heterocycles. The first-order chi connectivity index (χ1) is 5.05. The second kappa shape index (κ2) is 2.92. The number of thiophene rings is 1. The molecule has 3 nitrogen and oxygen atoms in total. The zero-order valence-corrected chi connectivity index (χ0v) is 7.71. The van der Waals surface area contributed by atoms with Gasteiger partial charge in [-0.25, -0.2) is 13.6 Å². The van der Waals surface area contributed by atoms with Crippen LogP contribution in [0.4, 0.5) is 0 Å². The maximum Gasteiger partial charge on any atom is 0.239 e. The average Bonchev–Trinajstić information content (AvgIpc) is 2.31. The number of nitrogens with two attached hydrogens (primary N) is 1. The molecule has 62 valence electrons. The summed E-state index contributed by atoms with van der Waals surface area (Å²) in [7, 11) is -3.49. The molecule has 2 N–H and O–H groups in total. The molecular weight excluding hydrogens is 182 g/mol. The predicted octanol–water partition coefficient (Wildman–Crippen LogP) is 0.958. The van der Waals surface area contributed by atoms with Crippen molar-refractivity contribution in [2.24, 2.45) is 5.14 Å². The Hall–Kier alpha value is -0.390. The van der Waals surface area contributed by atoms with E-state index in [0.717, 1.165) is 5.56 Å². The van der Waals surface area contributed by atoms with Crippen LogP contribution in [0.25, 0.3) is 0 Å². The molecule has 1 aromatic rings. The predicted molar refractivity (Wildman–Crippen MR) is 45.1 cm³/mol. The SMILES string of the molecule is CCc1cscc1S(N)(=O)=O. The van der Waals surface area contributed by atoms with E-state index in [2.05, 4.69) is 0 Å². The van der Waals surface area contributed by atoms with E-state index < -0.39 is 10.0 Å². The van der Waals surface area contributed by atoms with Crippen LogP contribution in [0.2, 0.25) is 0 Å². The number of primary sulfonamides is 1. The molecule has 1 heterocycles. The third-order valence-corrected chi connectivity index (χ3v) is 3.32. The van der Waals surface area contributed by atoms with Crippen LogP contribution in [0.3, 0.4) is 0 Å². The van der Waals surface area contributed by atoms with Crippen molar-refractivity contribution in [1.82, 2.24) is 0 Å². The maximum atomic E-state index is 10.9. The van der Waals surface area contributed by atoms with Crippen molar-refractivity contribution in [3.05, 3.63) is 16.3 Å². The Morgan fingerprint density at radius 2 is 2.18 bits per heavy atom. The summed E-state index contributed by atoms with van der Waals surface area (Å²) in [5.41, 5.74) is 0.803. The van der Waals surface area contributed by atoms with Crippen LogP contribution >= 0.6 is 11.3 Å². The monoisotopic (exact) mass is 191 g/mol. The first kappa shape index (κ1) is 8.70. The Labute approximate surface area is 69.9 Å². The van der Waals surface area contributed by atoms with Gasteiger partial charge in [0.05, 0.1) is 4.90 Å². The summed E-state index contributed by atoms with van der Waals surface area (Å²) in [4.78, 5) is 0.269. The minimum Gasteiger partial charge on any atom is -0.225 e. The number of hydrogen-bond donors (Lipinski definition) is 1. The Bertz CT molecular complexity index is 339. The van der Waals surface area contributed by atoms with Crippen molar-refractivity contribution in [3.8, 4) is 0 Å². The Kier molecular flexibility index (Phi) is 2.31. The minimum absolute atomic E-state index is 0.269. The molecule has 0 aliphatic carbocycles. The van der Waals surface area contributed by atoms with Gasteiger partial charge in [0.1, 0.15) is 0 Å². The van der Waals surface area contributed by atoms with Crippen LogP contribution in [0.5, 0.6) is 0 Å². The second-order valence-corrected chi connectivity index (χ2v) is 4.43. The Morgan fingerprint density at radius 1 is 1.55 bits per heavy atom. The first-order valence-electron chi connectivity index (χ1n) is 3.13. The van der Waals surface area contributed by atoms with E-state index in [9.17, 15) is 8.42 Å². The van der Waals surface area contributed by atoms with Crippen LogP contribution in [-0.2, 0) is 16.4 Å². The fourth-order valence-corrected chi connectivity index (χ4v) is 2.97. The maximum absolute atomic E-state index is 10.9. The van der Waals surface area contributed by atoms with Gasteiger partial charge in [0.15, 0.2) is 0 Å². The Balaban J connectivity index is 3.24. The molecule has 1 aromatic heterocycles. The first-order valence-corrected chi connectivity index (χ1v) is 5.62. The van der Waals surface area contributed by atoms with Gasteiger partial charge in [0.2, 0.25) is 10.0 Å². The van der Waals surface area contributed by atoms with Crippen LogP contribution in [0.15, 0.2) is 15.7 Å². The molecule has 0 saturated heterocycles. The van der Waals surface area contributed by atoms with Gasteiger partial charge < -0.3 is 0 Å². The highest BCUT2D eigenvalue weighted by Crippen LogP contribution is 2.19. The molecule has 0 saturated carbocycles. The highest BCUT2D eigenvalue weighted by atomic mass is 32.2. The lowest BCUT2D eigenvalue weighted by Gasteiger charge is -1.95. The van der Waals surface area contributed by atoms with Gasteiger partial charge in [0.25, 0.3) is 0 Å². The van der Waals surface area contributed by atoms with E-state index in [0.29, 0.717) is 6.42 Å². The molecule has 0 spiro atoms. The summed E-state index contributed by atoms with van der Waals surface area (Å²) in [5, 5.41) is 8.33. The van der Waals surface area contributed by atoms with Gasteiger partial charge in [-0.3, -0.25) is 0 Å². The topological polar surface area (TPSA) is 60.2 Å². The smallest absolute Gasteiger partial charge is 0.225 e. The molecule has 0 atom stereocenters. The summed E-state index contributed by atoms with van der Waals surface area (Å²) >= 11 is 1.36. The average molecular weight is 191 g/mol. The summed E-state index contributed by atoms with van der Waals surface area (Å²) in [6, 6.07) is 0. The van der Waals surface area contributed by atoms with Crippen molar-refractivity contribution >= 4 is 21.4 Å². The van der Waals surface area contributed by atoms with Crippen LogP contribution in [0, 0.1) is 0 Å². The lowest BCUT2D eigenvalue weighted by Crippen LogP contribution is -2.12. The van der Waals surface area contributed by atoms with Crippen LogP contribution in [-0.4, -0.2) is 8.42 Å². The third-order valence-electron chi connectivity index (χ3n) is 1.39. The molecular formula is C6H9NO2S2. The highest BCUT2D eigenvalue weighted by molar-refractivity contribution is 7.89. The van der Waals surface area contributed by atoms with E-state index in [1.54, 1.807) is 10.8 Å². The van der Waals surface area contributed by atoms with Crippen molar-refractivity contribution in [3.63, 3.8) is 0 Å². The van der Waals surface area contributed by atoms with Crippen molar-refractivity contribution in [1.29, 1.82) is 0 Å². The molecule has 0 aliphatic rings.